The van der Waals surface area contributed by atoms with Crippen molar-refractivity contribution < 1.29 is 53.4 Å². The summed E-state index contributed by atoms with van der Waals surface area (Å²) in [6.45, 7) is 6.53. The normalized spacial score (nSPS) is 18.3. The van der Waals surface area contributed by atoms with Gasteiger partial charge in [-0.25, -0.2) is 4.39 Å². The molecule has 7 nitrogen and oxygen atoms in total. The number of amides is 2. The molecule has 1 N–H and O–H groups in total. The molecule has 2 aromatic rings. The topological polar surface area (TPSA) is 102 Å². The van der Waals surface area contributed by atoms with Crippen LogP contribution >= 0.6 is 0 Å². The number of rotatable bonds is 9. The molecule has 0 radical (unpaired) electrons. The van der Waals surface area contributed by atoms with Crippen LogP contribution in [-0.4, -0.2) is 40.6 Å². The average molecular weight is 544 g/mol. The Morgan fingerprint density at radius 2 is 1.77 bits per heavy atom. The first kappa shape index (κ1) is 31.0. The molecule has 202 valence electrons. The SMILES string of the molecule is CCC[C@H](c1ccc(C(=O)NCCC(=O)[O-])cc1)N1C(=O)C(c2cccc(F)c2)=NC12CCC(C)(C)CC2.[Na+]. The third-order valence-corrected chi connectivity index (χ3v) is 7.74. The number of aliphatic imine (C=N–C) groups is 1. The van der Waals surface area contributed by atoms with Gasteiger partial charge in [0.25, 0.3) is 11.8 Å². The zero-order chi connectivity index (χ0) is 27.5. The number of carbonyl (C=O) groups is 3. The van der Waals surface area contributed by atoms with E-state index >= 15 is 0 Å². The van der Waals surface area contributed by atoms with E-state index in [-0.39, 0.29) is 65.8 Å². The summed E-state index contributed by atoms with van der Waals surface area (Å²) in [4.78, 5) is 44.1. The van der Waals surface area contributed by atoms with Gasteiger partial charge in [-0.05, 0) is 67.3 Å². The maximum absolute atomic E-state index is 14.1. The first-order valence-electron chi connectivity index (χ1n) is 13.3. The number of carboxylic acid groups (broad SMARTS) is 1. The van der Waals surface area contributed by atoms with Crippen LogP contribution < -0.4 is 40.0 Å². The fraction of sp³-hybridized carbons (Fsp3) is 0.467. The second-order valence-corrected chi connectivity index (χ2v) is 11.1. The molecule has 1 fully saturated rings. The van der Waals surface area contributed by atoms with Gasteiger partial charge in [0.05, 0.1) is 6.04 Å². The van der Waals surface area contributed by atoms with E-state index in [1.807, 2.05) is 17.0 Å². The number of nitrogens with zero attached hydrogens (tertiary/aromatic N) is 2. The number of aliphatic carboxylic acids is 1. The zero-order valence-corrected chi connectivity index (χ0v) is 25.3. The molecule has 2 aromatic carbocycles. The molecule has 9 heteroatoms. The summed E-state index contributed by atoms with van der Waals surface area (Å²) in [6, 6.07) is 12.9. The molecule has 0 bridgehead atoms. The van der Waals surface area contributed by atoms with Gasteiger partial charge in [0.1, 0.15) is 17.2 Å². The molecule has 1 saturated carbocycles. The van der Waals surface area contributed by atoms with Gasteiger partial charge < -0.3 is 20.1 Å². The monoisotopic (exact) mass is 543 g/mol. The van der Waals surface area contributed by atoms with Gasteiger partial charge >= 0.3 is 29.6 Å². The molecular formula is C30H35FN3NaO4. The van der Waals surface area contributed by atoms with Crippen LogP contribution in [0.15, 0.2) is 53.5 Å². The van der Waals surface area contributed by atoms with Crippen molar-refractivity contribution in [1.29, 1.82) is 0 Å². The zero-order valence-electron chi connectivity index (χ0n) is 23.3. The Morgan fingerprint density at radius 3 is 2.36 bits per heavy atom. The molecule has 0 unspecified atom stereocenters. The Balaban J connectivity index is 0.00000420. The molecule has 4 rings (SSSR count). The second kappa shape index (κ2) is 12.7. The van der Waals surface area contributed by atoms with Crippen molar-refractivity contribution in [3.8, 4) is 0 Å². The molecule has 1 aliphatic heterocycles. The molecule has 2 amide bonds. The van der Waals surface area contributed by atoms with Crippen molar-refractivity contribution in [2.75, 3.05) is 6.54 Å². The average Bonchev–Trinajstić information content (AvgIpc) is 3.16. The molecule has 1 aliphatic carbocycles. The summed E-state index contributed by atoms with van der Waals surface area (Å²) in [5.41, 5.74) is 1.54. The van der Waals surface area contributed by atoms with E-state index in [1.165, 1.54) is 12.1 Å². The quantitative estimate of drug-likeness (QED) is 0.480. The minimum absolute atomic E-state index is 0. The number of halogens is 1. The van der Waals surface area contributed by atoms with Crippen LogP contribution in [0.5, 0.6) is 0 Å². The predicted molar refractivity (Wildman–Crippen MR) is 141 cm³/mol. The number of carboxylic acids is 1. The van der Waals surface area contributed by atoms with Crippen molar-refractivity contribution in [2.45, 2.75) is 77.4 Å². The maximum Gasteiger partial charge on any atom is 1.00 e. The standard InChI is InChI=1S/C30H36FN3O4.Na/c1-4-6-24(20-9-11-21(12-10-20)27(37)32-18-13-25(35)36)34-28(38)26(22-7-5-8-23(31)19-22)33-30(34)16-14-29(2,3)15-17-30;/h5,7-12,19,24H,4,6,13-18H2,1-3H3,(H,32,37)(H,35,36);/q;+1/p-1/t24-;/m1./s1. The number of hydrogen-bond donors (Lipinski definition) is 1. The van der Waals surface area contributed by atoms with E-state index in [4.69, 9.17) is 4.99 Å². The Kier molecular flexibility index (Phi) is 10.1. The van der Waals surface area contributed by atoms with Crippen LogP contribution in [0.2, 0.25) is 0 Å². The van der Waals surface area contributed by atoms with Crippen molar-refractivity contribution >= 4 is 23.5 Å². The first-order chi connectivity index (χ1) is 18.0. The number of hydrogen-bond acceptors (Lipinski definition) is 5. The third-order valence-electron chi connectivity index (χ3n) is 7.74. The number of benzene rings is 2. The van der Waals surface area contributed by atoms with Crippen LogP contribution in [0, 0.1) is 11.2 Å². The Bertz CT molecular complexity index is 1240. The molecule has 1 heterocycles. The summed E-state index contributed by atoms with van der Waals surface area (Å²) in [5, 5.41) is 13.2. The van der Waals surface area contributed by atoms with E-state index in [0.717, 1.165) is 37.7 Å². The maximum atomic E-state index is 14.1. The summed E-state index contributed by atoms with van der Waals surface area (Å²) in [7, 11) is 0. The summed E-state index contributed by atoms with van der Waals surface area (Å²) in [6.07, 6.45) is 4.57. The minimum Gasteiger partial charge on any atom is -0.550 e. The van der Waals surface area contributed by atoms with E-state index in [9.17, 15) is 23.9 Å². The van der Waals surface area contributed by atoms with Crippen molar-refractivity contribution in [2.24, 2.45) is 10.4 Å². The Labute approximate surface area is 251 Å². The summed E-state index contributed by atoms with van der Waals surface area (Å²) in [5.74, 6) is -2.20. The smallest absolute Gasteiger partial charge is 0.550 e. The van der Waals surface area contributed by atoms with Crippen molar-refractivity contribution in [3.63, 3.8) is 0 Å². The van der Waals surface area contributed by atoms with Crippen LogP contribution in [-0.2, 0) is 9.59 Å². The van der Waals surface area contributed by atoms with E-state index in [0.29, 0.717) is 23.3 Å². The first-order valence-corrected chi connectivity index (χ1v) is 13.3. The van der Waals surface area contributed by atoms with E-state index in [2.05, 4.69) is 26.1 Å². The predicted octanol–water partition coefficient (Wildman–Crippen LogP) is 1.17. The second-order valence-electron chi connectivity index (χ2n) is 11.1. The van der Waals surface area contributed by atoms with Gasteiger partial charge in [-0.2, -0.15) is 0 Å². The van der Waals surface area contributed by atoms with Crippen molar-refractivity contribution in [1.82, 2.24) is 10.2 Å². The minimum atomic E-state index is -1.22. The fourth-order valence-corrected chi connectivity index (χ4v) is 5.50. The van der Waals surface area contributed by atoms with Gasteiger partial charge in [-0.15, -0.1) is 0 Å². The van der Waals surface area contributed by atoms with Crippen molar-refractivity contribution in [3.05, 3.63) is 71.0 Å². The van der Waals surface area contributed by atoms with Crippen LogP contribution in [0.4, 0.5) is 4.39 Å². The number of nitrogens with one attached hydrogen (secondary N) is 1. The van der Waals surface area contributed by atoms with E-state index < -0.39 is 17.4 Å². The largest absolute Gasteiger partial charge is 1.00 e. The molecular weight excluding hydrogens is 508 g/mol. The molecule has 2 aliphatic rings. The van der Waals surface area contributed by atoms with Gasteiger partial charge in [0.15, 0.2) is 0 Å². The van der Waals surface area contributed by atoms with E-state index in [1.54, 1.807) is 24.3 Å². The fourth-order valence-electron chi connectivity index (χ4n) is 5.50. The molecule has 0 saturated heterocycles. The van der Waals surface area contributed by atoms with Gasteiger partial charge in [0.2, 0.25) is 0 Å². The number of carbonyl (C=O) groups excluding carboxylic acids is 3. The summed E-state index contributed by atoms with van der Waals surface area (Å²) >= 11 is 0. The molecule has 39 heavy (non-hydrogen) atoms. The van der Waals surface area contributed by atoms with Gasteiger partial charge in [-0.3, -0.25) is 14.6 Å². The Morgan fingerprint density at radius 1 is 1.10 bits per heavy atom. The van der Waals surface area contributed by atoms with Crippen LogP contribution in [0.1, 0.15) is 93.2 Å². The van der Waals surface area contributed by atoms with Gasteiger partial charge in [0, 0.05) is 30.1 Å². The summed E-state index contributed by atoms with van der Waals surface area (Å²) < 4.78 is 14.1. The molecule has 1 atom stereocenters. The molecule has 0 aromatic heterocycles. The van der Waals surface area contributed by atoms with Gasteiger partial charge in [-0.1, -0.05) is 51.5 Å². The third kappa shape index (κ3) is 6.97. The molecule has 1 spiro atoms. The Hall–Kier alpha value is -2.55. The van der Waals surface area contributed by atoms with Crippen LogP contribution in [0.25, 0.3) is 0 Å². The van der Waals surface area contributed by atoms with Crippen LogP contribution in [0.3, 0.4) is 0 Å².